The Morgan fingerprint density at radius 1 is 1.36 bits per heavy atom. The first kappa shape index (κ1) is 18.3. The van der Waals surface area contributed by atoms with Crippen LogP contribution in [-0.4, -0.2) is 37.4 Å². The molecule has 0 aromatic heterocycles. The summed E-state index contributed by atoms with van der Waals surface area (Å²) in [6.07, 6.45) is 0.655. The number of nitrogens with zero attached hydrogens (tertiary/aromatic N) is 1. The number of carbonyl (C=O) groups is 1. The number of hydrogen-bond donors (Lipinski definition) is 3. The lowest BCUT2D eigenvalue weighted by Crippen LogP contribution is -2.37. The third kappa shape index (κ3) is 5.93. The Labute approximate surface area is 133 Å². The Morgan fingerprint density at radius 2 is 2.05 bits per heavy atom. The van der Waals surface area contributed by atoms with Crippen molar-refractivity contribution >= 4 is 17.4 Å². The van der Waals surface area contributed by atoms with Crippen molar-refractivity contribution < 1.29 is 9.90 Å². The van der Waals surface area contributed by atoms with Crippen LogP contribution < -0.4 is 15.5 Å². The van der Waals surface area contributed by atoms with Gasteiger partial charge in [-0.1, -0.05) is 19.9 Å². The number of urea groups is 1. The van der Waals surface area contributed by atoms with Crippen LogP contribution in [-0.2, 0) is 0 Å². The van der Waals surface area contributed by atoms with Crippen LogP contribution in [0.5, 0.6) is 0 Å². The highest BCUT2D eigenvalue weighted by Crippen LogP contribution is 2.20. The molecule has 5 nitrogen and oxygen atoms in total. The molecule has 3 N–H and O–H groups in total. The molecule has 0 fully saturated rings. The number of aliphatic hydroxyl groups excluding tert-OH is 1. The van der Waals surface area contributed by atoms with Gasteiger partial charge in [-0.05, 0) is 43.9 Å². The molecule has 0 saturated carbocycles. The number of hydrogen-bond acceptors (Lipinski definition) is 3. The lowest BCUT2D eigenvalue weighted by atomic mass is 9.90. The SMILES string of the molecule is CC(C)N(C)c1cccc(NC(=O)NCC(C)(C)CCO)c1. The summed E-state index contributed by atoms with van der Waals surface area (Å²) in [6.45, 7) is 8.92. The van der Waals surface area contributed by atoms with E-state index in [4.69, 9.17) is 5.11 Å². The van der Waals surface area contributed by atoms with Gasteiger partial charge in [-0.3, -0.25) is 0 Å². The van der Waals surface area contributed by atoms with Gasteiger partial charge in [0.2, 0.25) is 0 Å². The van der Waals surface area contributed by atoms with Crippen molar-refractivity contribution in [2.45, 2.75) is 40.2 Å². The van der Waals surface area contributed by atoms with Crippen molar-refractivity contribution in [1.29, 1.82) is 0 Å². The third-order valence-corrected chi connectivity index (χ3v) is 3.80. The van der Waals surface area contributed by atoms with Gasteiger partial charge in [0, 0.05) is 37.6 Å². The molecule has 22 heavy (non-hydrogen) atoms. The first-order chi connectivity index (χ1) is 10.2. The molecule has 5 heteroatoms. The molecule has 2 amide bonds. The number of benzene rings is 1. The monoisotopic (exact) mass is 307 g/mol. The molecule has 0 aliphatic heterocycles. The summed E-state index contributed by atoms with van der Waals surface area (Å²) in [5.41, 5.74) is 1.71. The van der Waals surface area contributed by atoms with Crippen molar-refractivity contribution in [3.63, 3.8) is 0 Å². The van der Waals surface area contributed by atoms with E-state index in [0.717, 1.165) is 11.4 Å². The van der Waals surface area contributed by atoms with E-state index in [1.165, 1.54) is 0 Å². The average Bonchev–Trinajstić information content (AvgIpc) is 2.44. The quantitative estimate of drug-likeness (QED) is 0.725. The Morgan fingerprint density at radius 3 is 2.64 bits per heavy atom. The highest BCUT2D eigenvalue weighted by Gasteiger charge is 2.18. The lowest BCUT2D eigenvalue weighted by Gasteiger charge is -2.25. The zero-order valence-electron chi connectivity index (χ0n) is 14.3. The third-order valence-electron chi connectivity index (χ3n) is 3.80. The van der Waals surface area contributed by atoms with Gasteiger partial charge in [-0.25, -0.2) is 4.79 Å². The number of amides is 2. The molecule has 0 radical (unpaired) electrons. The van der Waals surface area contributed by atoms with Crippen LogP contribution in [0.3, 0.4) is 0 Å². The van der Waals surface area contributed by atoms with Crippen LogP contribution in [0, 0.1) is 5.41 Å². The molecular weight excluding hydrogens is 278 g/mol. The number of anilines is 2. The standard InChI is InChI=1S/C17H29N3O2/c1-13(2)20(5)15-8-6-7-14(11-15)19-16(22)18-12-17(3,4)9-10-21/h6-8,11,13,21H,9-10,12H2,1-5H3,(H2,18,19,22). The Kier molecular flexibility index (Phi) is 6.68. The molecular formula is C17H29N3O2. The summed E-state index contributed by atoms with van der Waals surface area (Å²) >= 11 is 0. The Hall–Kier alpha value is -1.75. The van der Waals surface area contributed by atoms with E-state index in [2.05, 4.69) is 29.4 Å². The number of carbonyl (C=O) groups excluding carboxylic acids is 1. The van der Waals surface area contributed by atoms with E-state index >= 15 is 0 Å². The zero-order chi connectivity index (χ0) is 16.8. The molecule has 0 aliphatic rings. The van der Waals surface area contributed by atoms with Crippen LogP contribution >= 0.6 is 0 Å². The topological polar surface area (TPSA) is 64.6 Å². The second-order valence-electron chi connectivity index (χ2n) is 6.70. The molecule has 0 heterocycles. The summed E-state index contributed by atoms with van der Waals surface area (Å²) in [7, 11) is 2.03. The molecule has 0 unspecified atom stereocenters. The molecule has 1 aromatic rings. The second-order valence-corrected chi connectivity index (χ2v) is 6.70. The van der Waals surface area contributed by atoms with Gasteiger partial charge >= 0.3 is 6.03 Å². The fourth-order valence-electron chi connectivity index (χ4n) is 1.99. The maximum absolute atomic E-state index is 12.0. The summed E-state index contributed by atoms with van der Waals surface area (Å²) in [5, 5.41) is 14.7. The zero-order valence-corrected chi connectivity index (χ0v) is 14.3. The normalized spacial score (nSPS) is 11.4. The van der Waals surface area contributed by atoms with E-state index in [9.17, 15) is 4.79 Å². The maximum Gasteiger partial charge on any atom is 0.319 e. The maximum atomic E-state index is 12.0. The lowest BCUT2D eigenvalue weighted by molar-refractivity contribution is 0.204. The van der Waals surface area contributed by atoms with Crippen molar-refractivity contribution in [3.8, 4) is 0 Å². The minimum absolute atomic E-state index is 0.119. The number of nitrogens with one attached hydrogen (secondary N) is 2. The van der Waals surface area contributed by atoms with Gasteiger partial charge in [-0.15, -0.1) is 0 Å². The summed E-state index contributed by atoms with van der Waals surface area (Å²) in [6, 6.07) is 7.94. The average molecular weight is 307 g/mol. The van der Waals surface area contributed by atoms with E-state index < -0.39 is 0 Å². The molecule has 0 spiro atoms. The number of aliphatic hydroxyl groups is 1. The van der Waals surface area contributed by atoms with Crippen LogP contribution in [0.2, 0.25) is 0 Å². The Balaban J connectivity index is 2.60. The van der Waals surface area contributed by atoms with Crippen LogP contribution in [0.1, 0.15) is 34.1 Å². The molecule has 124 valence electrons. The molecule has 0 bridgehead atoms. The van der Waals surface area contributed by atoms with Crippen LogP contribution in [0.15, 0.2) is 24.3 Å². The fraction of sp³-hybridized carbons (Fsp3) is 0.588. The van der Waals surface area contributed by atoms with Crippen molar-refractivity contribution in [1.82, 2.24) is 5.32 Å². The highest BCUT2D eigenvalue weighted by atomic mass is 16.3. The van der Waals surface area contributed by atoms with Gasteiger partial charge in [-0.2, -0.15) is 0 Å². The first-order valence-electron chi connectivity index (χ1n) is 7.74. The summed E-state index contributed by atoms with van der Waals surface area (Å²) in [4.78, 5) is 14.1. The Bertz CT molecular complexity index is 487. The van der Waals surface area contributed by atoms with Gasteiger partial charge in [0.05, 0.1) is 0 Å². The van der Waals surface area contributed by atoms with Crippen LogP contribution in [0.25, 0.3) is 0 Å². The van der Waals surface area contributed by atoms with E-state index in [0.29, 0.717) is 19.0 Å². The van der Waals surface area contributed by atoms with E-state index in [1.54, 1.807) is 0 Å². The molecule has 1 aromatic carbocycles. The highest BCUT2D eigenvalue weighted by molar-refractivity contribution is 5.89. The van der Waals surface area contributed by atoms with E-state index in [-0.39, 0.29) is 18.1 Å². The van der Waals surface area contributed by atoms with Crippen molar-refractivity contribution in [2.75, 3.05) is 30.4 Å². The molecule has 0 saturated heterocycles. The second kappa shape index (κ2) is 8.03. The van der Waals surface area contributed by atoms with Gasteiger partial charge in [0.15, 0.2) is 0 Å². The molecule has 0 aliphatic carbocycles. The number of rotatable bonds is 7. The van der Waals surface area contributed by atoms with Crippen LogP contribution in [0.4, 0.5) is 16.2 Å². The minimum atomic E-state index is -0.227. The van der Waals surface area contributed by atoms with E-state index in [1.807, 2.05) is 45.2 Å². The predicted octanol–water partition coefficient (Wildman–Crippen LogP) is 3.06. The molecule has 1 rings (SSSR count). The minimum Gasteiger partial charge on any atom is -0.396 e. The summed E-state index contributed by atoms with van der Waals surface area (Å²) in [5.74, 6) is 0. The first-order valence-corrected chi connectivity index (χ1v) is 7.74. The largest absolute Gasteiger partial charge is 0.396 e. The van der Waals surface area contributed by atoms with Gasteiger partial charge in [0.25, 0.3) is 0 Å². The van der Waals surface area contributed by atoms with Crippen molar-refractivity contribution in [2.24, 2.45) is 5.41 Å². The fourth-order valence-corrected chi connectivity index (χ4v) is 1.99. The smallest absolute Gasteiger partial charge is 0.319 e. The molecule has 0 atom stereocenters. The van der Waals surface area contributed by atoms with Gasteiger partial charge < -0.3 is 20.6 Å². The predicted molar refractivity (Wildman–Crippen MR) is 92.5 cm³/mol. The van der Waals surface area contributed by atoms with Crippen molar-refractivity contribution in [3.05, 3.63) is 24.3 Å². The van der Waals surface area contributed by atoms with Gasteiger partial charge in [0.1, 0.15) is 0 Å². The summed E-state index contributed by atoms with van der Waals surface area (Å²) < 4.78 is 0.